The third kappa shape index (κ3) is 2.38. The van der Waals surface area contributed by atoms with Crippen LogP contribution in [0.2, 0.25) is 0 Å². The van der Waals surface area contributed by atoms with Crippen molar-refractivity contribution in [3.05, 3.63) is 42.2 Å². The van der Waals surface area contributed by atoms with Gasteiger partial charge >= 0.3 is 0 Å². The Balaban J connectivity index is 1.72. The summed E-state index contributed by atoms with van der Waals surface area (Å²) in [6, 6.07) is 10.1. The smallest absolute Gasteiger partial charge is 0.246 e. The van der Waals surface area contributed by atoms with Crippen LogP contribution in [0.25, 0.3) is 0 Å². The van der Waals surface area contributed by atoms with Crippen LogP contribution in [0.3, 0.4) is 0 Å². The molecule has 1 aliphatic rings. The minimum Gasteiger partial charge on any atom is -0.449 e. The van der Waals surface area contributed by atoms with Gasteiger partial charge in [-0.25, -0.2) is 0 Å². The SMILES string of the molecule is Cn1cccc1CNc1ccc2c(c1)OC(C)(C)O2. The monoisotopic (exact) mass is 258 g/mol. The van der Waals surface area contributed by atoms with Gasteiger partial charge in [-0.3, -0.25) is 0 Å². The van der Waals surface area contributed by atoms with Crippen LogP contribution in [0.4, 0.5) is 5.69 Å². The average Bonchev–Trinajstić information content (AvgIpc) is 2.87. The zero-order valence-corrected chi connectivity index (χ0v) is 11.4. The molecule has 2 heterocycles. The highest BCUT2D eigenvalue weighted by atomic mass is 16.7. The van der Waals surface area contributed by atoms with E-state index in [-0.39, 0.29) is 0 Å². The predicted molar refractivity (Wildman–Crippen MR) is 74.5 cm³/mol. The molecule has 1 aromatic heterocycles. The lowest BCUT2D eigenvalue weighted by Gasteiger charge is -2.16. The summed E-state index contributed by atoms with van der Waals surface area (Å²) in [5, 5.41) is 3.39. The number of fused-ring (bicyclic) bond motifs is 1. The first-order valence-electron chi connectivity index (χ1n) is 6.40. The highest BCUT2D eigenvalue weighted by molar-refractivity contribution is 5.56. The van der Waals surface area contributed by atoms with Crippen molar-refractivity contribution < 1.29 is 9.47 Å². The topological polar surface area (TPSA) is 35.4 Å². The van der Waals surface area contributed by atoms with Gasteiger partial charge in [0.2, 0.25) is 5.79 Å². The van der Waals surface area contributed by atoms with Crippen LogP contribution in [0.1, 0.15) is 19.5 Å². The number of aromatic nitrogens is 1. The molecular formula is C15H18N2O2. The summed E-state index contributed by atoms with van der Waals surface area (Å²) in [6.45, 7) is 4.60. The number of ether oxygens (including phenoxy) is 2. The molecule has 1 N–H and O–H groups in total. The quantitative estimate of drug-likeness (QED) is 0.918. The molecule has 4 nitrogen and oxygen atoms in total. The Kier molecular flexibility index (Phi) is 2.66. The lowest BCUT2D eigenvalue weighted by Crippen LogP contribution is -2.29. The predicted octanol–water partition coefficient (Wildman–Crippen LogP) is 3.14. The summed E-state index contributed by atoms with van der Waals surface area (Å²) >= 11 is 0. The second-order valence-electron chi connectivity index (χ2n) is 5.23. The van der Waals surface area contributed by atoms with Crippen LogP contribution in [0, 0.1) is 0 Å². The summed E-state index contributed by atoms with van der Waals surface area (Å²) in [5.74, 6) is 1.02. The first-order valence-corrected chi connectivity index (χ1v) is 6.40. The Morgan fingerprint density at radius 1 is 1.16 bits per heavy atom. The highest BCUT2D eigenvalue weighted by Crippen LogP contribution is 2.40. The molecule has 1 aromatic carbocycles. The maximum atomic E-state index is 5.73. The molecule has 3 rings (SSSR count). The summed E-state index contributed by atoms with van der Waals surface area (Å²) in [4.78, 5) is 0. The van der Waals surface area contributed by atoms with E-state index in [1.807, 2.05) is 51.4 Å². The molecule has 0 aliphatic carbocycles. The number of benzene rings is 1. The van der Waals surface area contributed by atoms with E-state index in [1.165, 1.54) is 5.69 Å². The third-order valence-corrected chi connectivity index (χ3v) is 3.18. The Labute approximate surface area is 113 Å². The number of hydrogen-bond acceptors (Lipinski definition) is 3. The third-order valence-electron chi connectivity index (χ3n) is 3.18. The number of nitrogens with one attached hydrogen (secondary N) is 1. The fourth-order valence-corrected chi connectivity index (χ4v) is 2.21. The van der Waals surface area contributed by atoms with E-state index in [0.29, 0.717) is 0 Å². The summed E-state index contributed by atoms with van der Waals surface area (Å²) in [7, 11) is 2.04. The Hall–Kier alpha value is -2.10. The van der Waals surface area contributed by atoms with Gasteiger partial charge in [-0.05, 0) is 24.3 Å². The Morgan fingerprint density at radius 3 is 2.68 bits per heavy atom. The van der Waals surface area contributed by atoms with Crippen LogP contribution in [-0.4, -0.2) is 10.4 Å². The Morgan fingerprint density at radius 2 is 1.95 bits per heavy atom. The van der Waals surface area contributed by atoms with Crippen LogP contribution < -0.4 is 14.8 Å². The zero-order chi connectivity index (χ0) is 13.5. The van der Waals surface area contributed by atoms with Gasteiger partial charge in [-0.1, -0.05) is 0 Å². The van der Waals surface area contributed by atoms with E-state index >= 15 is 0 Å². The molecule has 0 unspecified atom stereocenters. The largest absolute Gasteiger partial charge is 0.449 e. The molecule has 0 saturated carbocycles. The van der Waals surface area contributed by atoms with Gasteiger partial charge in [-0.2, -0.15) is 0 Å². The number of aryl methyl sites for hydroxylation is 1. The molecule has 0 amide bonds. The lowest BCUT2D eigenvalue weighted by atomic mass is 10.2. The van der Waals surface area contributed by atoms with Crippen LogP contribution in [0.5, 0.6) is 11.5 Å². The van der Waals surface area contributed by atoms with E-state index < -0.39 is 5.79 Å². The van der Waals surface area contributed by atoms with E-state index in [1.54, 1.807) is 0 Å². The fourth-order valence-electron chi connectivity index (χ4n) is 2.21. The van der Waals surface area contributed by atoms with Crippen LogP contribution >= 0.6 is 0 Å². The first-order chi connectivity index (χ1) is 9.03. The normalized spacial score (nSPS) is 15.5. The van der Waals surface area contributed by atoms with Gasteiger partial charge in [0.05, 0.1) is 6.54 Å². The van der Waals surface area contributed by atoms with Gasteiger partial charge in [0.25, 0.3) is 0 Å². The molecule has 0 atom stereocenters. The van der Waals surface area contributed by atoms with Crippen LogP contribution in [0.15, 0.2) is 36.5 Å². The second-order valence-corrected chi connectivity index (χ2v) is 5.23. The molecule has 100 valence electrons. The fraction of sp³-hybridized carbons (Fsp3) is 0.333. The van der Waals surface area contributed by atoms with Crippen LogP contribution in [-0.2, 0) is 13.6 Å². The molecular weight excluding hydrogens is 240 g/mol. The van der Waals surface area contributed by atoms with Crippen molar-refractivity contribution in [3.63, 3.8) is 0 Å². The highest BCUT2D eigenvalue weighted by Gasteiger charge is 2.31. The minimum absolute atomic E-state index is 0.570. The van der Waals surface area contributed by atoms with E-state index in [9.17, 15) is 0 Å². The number of nitrogens with zero attached hydrogens (tertiary/aromatic N) is 1. The molecule has 0 fully saturated rings. The average molecular weight is 258 g/mol. The van der Waals surface area contributed by atoms with Gasteiger partial charge < -0.3 is 19.4 Å². The second kappa shape index (κ2) is 4.23. The molecule has 4 heteroatoms. The van der Waals surface area contributed by atoms with Crippen molar-refractivity contribution in [2.24, 2.45) is 7.05 Å². The van der Waals surface area contributed by atoms with Crippen molar-refractivity contribution in [1.82, 2.24) is 4.57 Å². The van der Waals surface area contributed by atoms with E-state index in [2.05, 4.69) is 16.0 Å². The molecule has 0 bridgehead atoms. The summed E-state index contributed by atoms with van der Waals surface area (Å²) in [5.41, 5.74) is 2.26. The molecule has 0 spiro atoms. The van der Waals surface area contributed by atoms with Gasteiger partial charge in [0.1, 0.15) is 0 Å². The standard InChI is InChI=1S/C15H18N2O2/c1-15(2)18-13-7-6-11(9-14(13)19-15)16-10-12-5-4-8-17(12)3/h4-9,16H,10H2,1-3H3. The molecule has 2 aromatic rings. The van der Waals surface area contributed by atoms with Crippen molar-refractivity contribution in [2.75, 3.05) is 5.32 Å². The van der Waals surface area contributed by atoms with Crippen molar-refractivity contribution in [3.8, 4) is 11.5 Å². The van der Waals surface area contributed by atoms with E-state index in [4.69, 9.17) is 9.47 Å². The minimum atomic E-state index is -0.570. The number of hydrogen-bond donors (Lipinski definition) is 1. The maximum absolute atomic E-state index is 5.73. The van der Waals surface area contributed by atoms with E-state index in [0.717, 1.165) is 23.7 Å². The van der Waals surface area contributed by atoms with Crippen molar-refractivity contribution >= 4 is 5.69 Å². The van der Waals surface area contributed by atoms with Gasteiger partial charge in [0.15, 0.2) is 11.5 Å². The number of rotatable bonds is 3. The van der Waals surface area contributed by atoms with Crippen molar-refractivity contribution in [1.29, 1.82) is 0 Å². The molecule has 0 saturated heterocycles. The molecule has 1 aliphatic heterocycles. The molecule has 0 radical (unpaired) electrons. The van der Waals surface area contributed by atoms with Gasteiger partial charge in [-0.15, -0.1) is 0 Å². The first kappa shape index (κ1) is 12.0. The molecule has 19 heavy (non-hydrogen) atoms. The zero-order valence-electron chi connectivity index (χ0n) is 11.4. The maximum Gasteiger partial charge on any atom is 0.246 e. The number of anilines is 1. The summed E-state index contributed by atoms with van der Waals surface area (Å²) in [6.07, 6.45) is 2.04. The van der Waals surface area contributed by atoms with Crippen molar-refractivity contribution in [2.45, 2.75) is 26.2 Å². The van der Waals surface area contributed by atoms with Gasteiger partial charge in [0, 0.05) is 44.5 Å². The summed E-state index contributed by atoms with van der Waals surface area (Å²) < 4.78 is 13.5. The Bertz CT molecular complexity index is 602. The lowest BCUT2D eigenvalue weighted by molar-refractivity contribution is -0.0431.